The standard InChI is InChI=1S/C12H20N2.2ClH/c13-9-1-3-11-5-7-12(8-6-11)4-2-10-14;;/h5-8H,1-4,9-10,13-14H2;2*1H. The molecule has 0 aliphatic carbocycles. The van der Waals surface area contributed by atoms with Crippen LogP contribution in [0.5, 0.6) is 0 Å². The molecular weight excluding hydrogens is 243 g/mol. The summed E-state index contributed by atoms with van der Waals surface area (Å²) in [6, 6.07) is 8.78. The maximum atomic E-state index is 5.46. The molecule has 0 fully saturated rings. The predicted molar refractivity (Wildman–Crippen MR) is 75.7 cm³/mol. The molecule has 0 unspecified atom stereocenters. The van der Waals surface area contributed by atoms with Crippen molar-refractivity contribution in [3.63, 3.8) is 0 Å². The van der Waals surface area contributed by atoms with E-state index >= 15 is 0 Å². The van der Waals surface area contributed by atoms with Gasteiger partial charge in [0, 0.05) is 0 Å². The van der Waals surface area contributed by atoms with Crippen molar-refractivity contribution < 1.29 is 0 Å². The summed E-state index contributed by atoms with van der Waals surface area (Å²) in [5.74, 6) is 0. The smallest absolute Gasteiger partial charge is 0.00741 e. The molecule has 16 heavy (non-hydrogen) atoms. The molecule has 0 radical (unpaired) electrons. The van der Waals surface area contributed by atoms with Gasteiger partial charge in [-0.1, -0.05) is 24.3 Å². The predicted octanol–water partition coefficient (Wildman–Crippen LogP) is 2.31. The van der Waals surface area contributed by atoms with Crippen molar-refractivity contribution in [2.75, 3.05) is 13.1 Å². The van der Waals surface area contributed by atoms with Crippen LogP contribution in [-0.2, 0) is 12.8 Å². The Morgan fingerprint density at radius 1 is 0.688 bits per heavy atom. The van der Waals surface area contributed by atoms with Gasteiger partial charge in [0.1, 0.15) is 0 Å². The van der Waals surface area contributed by atoms with Gasteiger partial charge in [0.25, 0.3) is 0 Å². The van der Waals surface area contributed by atoms with Crippen molar-refractivity contribution in [1.29, 1.82) is 0 Å². The Kier molecular flexibility index (Phi) is 12.7. The van der Waals surface area contributed by atoms with E-state index in [1.165, 1.54) is 11.1 Å². The summed E-state index contributed by atoms with van der Waals surface area (Å²) in [5, 5.41) is 0. The molecule has 0 atom stereocenters. The van der Waals surface area contributed by atoms with Gasteiger partial charge in [-0.2, -0.15) is 0 Å². The molecule has 0 spiro atoms. The van der Waals surface area contributed by atoms with Gasteiger partial charge in [0.15, 0.2) is 0 Å². The number of nitrogens with two attached hydrogens (primary N) is 2. The summed E-state index contributed by atoms with van der Waals surface area (Å²) >= 11 is 0. The molecule has 94 valence electrons. The molecule has 0 aliphatic heterocycles. The van der Waals surface area contributed by atoms with Crippen LogP contribution in [0.4, 0.5) is 0 Å². The number of hydrogen-bond acceptors (Lipinski definition) is 2. The number of benzene rings is 1. The Hall–Kier alpha value is -0.280. The van der Waals surface area contributed by atoms with E-state index in [-0.39, 0.29) is 24.8 Å². The van der Waals surface area contributed by atoms with E-state index in [0.717, 1.165) is 38.8 Å². The van der Waals surface area contributed by atoms with Gasteiger partial charge in [-0.3, -0.25) is 0 Å². The summed E-state index contributed by atoms with van der Waals surface area (Å²) in [6.45, 7) is 1.55. The Bertz CT molecular complexity index is 223. The van der Waals surface area contributed by atoms with Gasteiger partial charge in [-0.15, -0.1) is 24.8 Å². The molecule has 1 rings (SSSR count). The minimum atomic E-state index is 0. The molecule has 4 N–H and O–H groups in total. The first-order valence-electron chi connectivity index (χ1n) is 5.34. The molecule has 0 amide bonds. The number of hydrogen-bond donors (Lipinski definition) is 2. The number of halogens is 2. The van der Waals surface area contributed by atoms with Gasteiger partial charge < -0.3 is 11.5 Å². The average Bonchev–Trinajstić information content (AvgIpc) is 2.25. The van der Waals surface area contributed by atoms with E-state index in [4.69, 9.17) is 11.5 Å². The third-order valence-electron chi connectivity index (χ3n) is 2.36. The summed E-state index contributed by atoms with van der Waals surface area (Å²) < 4.78 is 0. The van der Waals surface area contributed by atoms with Gasteiger partial charge >= 0.3 is 0 Å². The Balaban J connectivity index is 0. The quantitative estimate of drug-likeness (QED) is 0.829. The second-order valence-electron chi connectivity index (χ2n) is 3.60. The van der Waals surface area contributed by atoms with Crippen LogP contribution in [0.3, 0.4) is 0 Å². The minimum Gasteiger partial charge on any atom is -0.330 e. The van der Waals surface area contributed by atoms with Crippen LogP contribution < -0.4 is 11.5 Å². The lowest BCUT2D eigenvalue weighted by Gasteiger charge is -2.02. The van der Waals surface area contributed by atoms with Crippen molar-refractivity contribution in [2.45, 2.75) is 25.7 Å². The zero-order chi connectivity index (χ0) is 10.2. The highest BCUT2D eigenvalue weighted by Crippen LogP contribution is 2.07. The van der Waals surface area contributed by atoms with Crippen LogP contribution in [-0.4, -0.2) is 13.1 Å². The zero-order valence-electron chi connectivity index (χ0n) is 9.52. The summed E-state index contributed by atoms with van der Waals surface area (Å²) in [5.41, 5.74) is 13.7. The first kappa shape index (κ1) is 18.1. The van der Waals surface area contributed by atoms with Gasteiger partial charge in [0.2, 0.25) is 0 Å². The Morgan fingerprint density at radius 2 is 1.00 bits per heavy atom. The third kappa shape index (κ3) is 7.07. The van der Waals surface area contributed by atoms with Crippen molar-refractivity contribution in [2.24, 2.45) is 11.5 Å². The summed E-state index contributed by atoms with van der Waals surface area (Å²) in [7, 11) is 0. The van der Waals surface area contributed by atoms with Crippen LogP contribution in [0.15, 0.2) is 24.3 Å². The lowest BCUT2D eigenvalue weighted by molar-refractivity contribution is 0.822. The van der Waals surface area contributed by atoms with E-state index in [0.29, 0.717) is 0 Å². The van der Waals surface area contributed by atoms with Crippen molar-refractivity contribution in [3.05, 3.63) is 35.4 Å². The molecule has 4 heteroatoms. The first-order valence-corrected chi connectivity index (χ1v) is 5.34. The molecule has 1 aromatic rings. The normalized spacial score (nSPS) is 9.12. The van der Waals surface area contributed by atoms with E-state index in [2.05, 4.69) is 24.3 Å². The van der Waals surface area contributed by atoms with E-state index in [1.807, 2.05) is 0 Å². The fourth-order valence-electron chi connectivity index (χ4n) is 1.48. The minimum absolute atomic E-state index is 0. The van der Waals surface area contributed by atoms with Crippen molar-refractivity contribution in [1.82, 2.24) is 0 Å². The second kappa shape index (κ2) is 11.2. The fourth-order valence-corrected chi connectivity index (χ4v) is 1.48. The van der Waals surface area contributed by atoms with Crippen molar-refractivity contribution in [3.8, 4) is 0 Å². The second-order valence-corrected chi connectivity index (χ2v) is 3.60. The molecule has 0 saturated carbocycles. The SMILES string of the molecule is Cl.Cl.NCCCc1ccc(CCCN)cc1. The molecule has 0 aromatic heterocycles. The van der Waals surface area contributed by atoms with Crippen LogP contribution >= 0.6 is 24.8 Å². The molecular formula is C12H22Cl2N2. The number of rotatable bonds is 6. The highest BCUT2D eigenvalue weighted by Gasteiger charge is 1.94. The molecule has 0 bridgehead atoms. The monoisotopic (exact) mass is 264 g/mol. The Morgan fingerprint density at radius 3 is 1.25 bits per heavy atom. The van der Waals surface area contributed by atoms with Crippen LogP contribution in [0, 0.1) is 0 Å². The van der Waals surface area contributed by atoms with Crippen LogP contribution in [0.2, 0.25) is 0 Å². The van der Waals surface area contributed by atoms with E-state index in [1.54, 1.807) is 0 Å². The van der Waals surface area contributed by atoms with Gasteiger partial charge in [-0.05, 0) is 49.9 Å². The average molecular weight is 265 g/mol. The first-order chi connectivity index (χ1) is 6.86. The third-order valence-corrected chi connectivity index (χ3v) is 2.36. The molecule has 0 aliphatic rings. The zero-order valence-corrected chi connectivity index (χ0v) is 11.2. The maximum absolute atomic E-state index is 5.46. The highest BCUT2D eigenvalue weighted by molar-refractivity contribution is 5.85. The van der Waals surface area contributed by atoms with E-state index < -0.39 is 0 Å². The summed E-state index contributed by atoms with van der Waals surface area (Å²) in [4.78, 5) is 0. The van der Waals surface area contributed by atoms with Gasteiger partial charge in [0.05, 0.1) is 0 Å². The fraction of sp³-hybridized carbons (Fsp3) is 0.500. The maximum Gasteiger partial charge on any atom is -0.00741 e. The highest BCUT2D eigenvalue weighted by atomic mass is 35.5. The van der Waals surface area contributed by atoms with Gasteiger partial charge in [-0.25, -0.2) is 0 Å². The molecule has 0 heterocycles. The van der Waals surface area contributed by atoms with E-state index in [9.17, 15) is 0 Å². The largest absolute Gasteiger partial charge is 0.330 e. The lowest BCUT2D eigenvalue weighted by atomic mass is 10.0. The molecule has 0 saturated heterocycles. The molecule has 2 nitrogen and oxygen atoms in total. The number of aryl methyl sites for hydroxylation is 2. The Labute approximate surface area is 111 Å². The van der Waals surface area contributed by atoms with Crippen molar-refractivity contribution >= 4 is 24.8 Å². The van der Waals surface area contributed by atoms with Crippen LogP contribution in [0.1, 0.15) is 24.0 Å². The molecule has 1 aromatic carbocycles. The lowest BCUT2D eigenvalue weighted by Crippen LogP contribution is -2.01. The topological polar surface area (TPSA) is 52.0 Å². The summed E-state index contributed by atoms with van der Waals surface area (Å²) in [6.07, 6.45) is 4.33. The van der Waals surface area contributed by atoms with Crippen LogP contribution in [0.25, 0.3) is 0 Å².